The molecule has 0 spiro atoms. The Morgan fingerprint density at radius 3 is 2.81 bits per heavy atom. The minimum atomic E-state index is -0.590. The van der Waals surface area contributed by atoms with Gasteiger partial charge in [-0.2, -0.15) is 0 Å². The molecule has 0 saturated carbocycles. The molecule has 1 unspecified atom stereocenters. The number of carbonyl (C=O) groups is 1. The average molecular weight is 239 g/mol. The molecule has 2 rings (SSSR count). The van der Waals surface area contributed by atoms with Gasteiger partial charge >= 0.3 is 0 Å². The summed E-state index contributed by atoms with van der Waals surface area (Å²) in [5.74, 6) is -0.0100. The second kappa shape index (κ2) is 3.75. The van der Waals surface area contributed by atoms with Crippen molar-refractivity contribution in [3.05, 3.63) is 28.3 Å². The molecule has 0 bridgehead atoms. The van der Waals surface area contributed by atoms with Crippen LogP contribution in [0.2, 0.25) is 5.02 Å². The second-order valence-electron chi connectivity index (χ2n) is 4.44. The minimum Gasteiger partial charge on any atom is -0.330 e. The van der Waals surface area contributed by atoms with Crippen molar-refractivity contribution in [2.24, 2.45) is 5.73 Å². The number of halogens is 1. The highest BCUT2D eigenvalue weighted by atomic mass is 35.5. The zero-order chi connectivity index (χ0) is 11.9. The highest BCUT2D eigenvalue weighted by Gasteiger charge is 2.44. The van der Waals surface area contributed by atoms with Crippen LogP contribution in [0.15, 0.2) is 12.1 Å². The van der Waals surface area contributed by atoms with Gasteiger partial charge in [-0.3, -0.25) is 4.79 Å². The molecule has 1 aliphatic heterocycles. The zero-order valence-electron chi connectivity index (χ0n) is 9.43. The fraction of sp³-hybridized carbons (Fsp3) is 0.417. The Morgan fingerprint density at radius 1 is 1.50 bits per heavy atom. The first-order valence-electron chi connectivity index (χ1n) is 5.32. The molecule has 1 aliphatic rings. The van der Waals surface area contributed by atoms with Crippen LogP contribution >= 0.6 is 11.6 Å². The number of nitrogens with one attached hydrogen (secondary N) is 1. The Labute approximate surface area is 100.0 Å². The average Bonchev–Trinajstić information content (AvgIpc) is 2.48. The van der Waals surface area contributed by atoms with E-state index < -0.39 is 5.41 Å². The Balaban J connectivity index is 2.64. The fourth-order valence-electron chi connectivity index (χ4n) is 2.27. The molecule has 0 fully saturated rings. The van der Waals surface area contributed by atoms with Crippen molar-refractivity contribution in [2.75, 3.05) is 11.9 Å². The molecule has 1 aromatic carbocycles. The Kier molecular flexibility index (Phi) is 2.68. The Bertz CT molecular complexity index is 459. The number of anilines is 1. The fourth-order valence-corrected chi connectivity index (χ4v) is 2.64. The van der Waals surface area contributed by atoms with E-state index in [1.54, 1.807) is 0 Å². The van der Waals surface area contributed by atoms with Crippen LogP contribution in [0.25, 0.3) is 0 Å². The van der Waals surface area contributed by atoms with Crippen LogP contribution in [-0.4, -0.2) is 12.5 Å². The predicted octanol–water partition coefficient (Wildman–Crippen LogP) is 2.21. The van der Waals surface area contributed by atoms with Gasteiger partial charge in [0.15, 0.2) is 0 Å². The maximum atomic E-state index is 12.0. The number of rotatable bonds is 2. The molecule has 0 radical (unpaired) electrons. The molecule has 1 aromatic rings. The van der Waals surface area contributed by atoms with Crippen molar-refractivity contribution in [3.63, 3.8) is 0 Å². The maximum absolute atomic E-state index is 12.0. The third kappa shape index (κ3) is 1.43. The Hall–Kier alpha value is -1.06. The van der Waals surface area contributed by atoms with E-state index in [0.717, 1.165) is 16.8 Å². The molecular formula is C12H15ClN2O. The monoisotopic (exact) mass is 238 g/mol. The van der Waals surface area contributed by atoms with Crippen molar-refractivity contribution in [1.82, 2.24) is 0 Å². The number of benzene rings is 1. The van der Waals surface area contributed by atoms with Crippen LogP contribution in [0.4, 0.5) is 5.69 Å². The predicted molar refractivity (Wildman–Crippen MR) is 65.8 cm³/mol. The first kappa shape index (κ1) is 11.4. The summed E-state index contributed by atoms with van der Waals surface area (Å²) in [6.45, 7) is 4.32. The van der Waals surface area contributed by atoms with Gasteiger partial charge < -0.3 is 11.1 Å². The number of aryl methyl sites for hydroxylation is 1. The Morgan fingerprint density at radius 2 is 2.19 bits per heavy atom. The molecule has 1 amide bonds. The van der Waals surface area contributed by atoms with E-state index in [2.05, 4.69) is 5.32 Å². The van der Waals surface area contributed by atoms with Gasteiger partial charge in [-0.15, -0.1) is 0 Å². The summed E-state index contributed by atoms with van der Waals surface area (Å²) in [6.07, 6.45) is 0.606. The van der Waals surface area contributed by atoms with E-state index in [1.165, 1.54) is 0 Å². The quantitative estimate of drug-likeness (QED) is 0.830. The van der Waals surface area contributed by atoms with Crippen LogP contribution < -0.4 is 11.1 Å². The van der Waals surface area contributed by atoms with Gasteiger partial charge in [0.25, 0.3) is 0 Å². The lowest BCUT2D eigenvalue weighted by Crippen LogP contribution is -2.33. The highest BCUT2D eigenvalue weighted by Crippen LogP contribution is 2.45. The molecule has 1 atom stereocenters. The van der Waals surface area contributed by atoms with Gasteiger partial charge in [0.1, 0.15) is 0 Å². The molecule has 86 valence electrons. The van der Waals surface area contributed by atoms with E-state index >= 15 is 0 Å². The molecule has 4 heteroatoms. The van der Waals surface area contributed by atoms with Gasteiger partial charge in [0.2, 0.25) is 5.91 Å². The summed E-state index contributed by atoms with van der Waals surface area (Å²) in [5, 5.41) is 3.54. The van der Waals surface area contributed by atoms with Gasteiger partial charge in [0, 0.05) is 16.3 Å². The summed E-state index contributed by atoms with van der Waals surface area (Å²) >= 11 is 6.19. The summed E-state index contributed by atoms with van der Waals surface area (Å²) in [4.78, 5) is 12.0. The maximum Gasteiger partial charge on any atom is 0.234 e. The molecule has 0 aromatic heterocycles. The van der Waals surface area contributed by atoms with Gasteiger partial charge in [-0.05, 0) is 38.4 Å². The van der Waals surface area contributed by atoms with Crippen molar-refractivity contribution in [1.29, 1.82) is 0 Å². The van der Waals surface area contributed by atoms with Crippen LogP contribution in [0, 0.1) is 6.92 Å². The van der Waals surface area contributed by atoms with E-state index in [0.29, 0.717) is 18.0 Å². The SMILES string of the molecule is Cc1ccc(Cl)c2c1NC(=O)C2(C)CCN. The van der Waals surface area contributed by atoms with Crippen LogP contribution in [0.5, 0.6) is 0 Å². The number of carbonyl (C=O) groups excluding carboxylic acids is 1. The topological polar surface area (TPSA) is 55.1 Å². The number of hydrogen-bond donors (Lipinski definition) is 2. The third-order valence-electron chi connectivity index (χ3n) is 3.30. The van der Waals surface area contributed by atoms with E-state index in [-0.39, 0.29) is 5.91 Å². The van der Waals surface area contributed by atoms with Gasteiger partial charge in [-0.1, -0.05) is 17.7 Å². The van der Waals surface area contributed by atoms with Crippen LogP contribution in [0.1, 0.15) is 24.5 Å². The molecule has 3 N–H and O–H groups in total. The third-order valence-corrected chi connectivity index (χ3v) is 3.61. The molecule has 3 nitrogen and oxygen atoms in total. The minimum absolute atomic E-state index is 0.0100. The first-order chi connectivity index (χ1) is 7.50. The molecular weight excluding hydrogens is 224 g/mol. The van der Waals surface area contributed by atoms with E-state index in [9.17, 15) is 4.79 Å². The standard InChI is InChI=1S/C12H15ClN2O/c1-7-3-4-8(13)9-10(7)15-11(16)12(9,2)5-6-14/h3-4H,5-6,14H2,1-2H3,(H,15,16). The lowest BCUT2D eigenvalue weighted by Gasteiger charge is -2.22. The van der Waals surface area contributed by atoms with Crippen molar-refractivity contribution < 1.29 is 4.79 Å². The van der Waals surface area contributed by atoms with E-state index in [1.807, 2.05) is 26.0 Å². The summed E-state index contributed by atoms with van der Waals surface area (Å²) in [6, 6.07) is 3.75. The number of amides is 1. The number of hydrogen-bond acceptors (Lipinski definition) is 2. The number of nitrogens with two attached hydrogens (primary N) is 1. The summed E-state index contributed by atoms with van der Waals surface area (Å²) < 4.78 is 0. The molecule has 1 heterocycles. The van der Waals surface area contributed by atoms with Crippen molar-refractivity contribution in [2.45, 2.75) is 25.7 Å². The molecule has 0 saturated heterocycles. The highest BCUT2D eigenvalue weighted by molar-refractivity contribution is 6.33. The lowest BCUT2D eigenvalue weighted by molar-refractivity contribution is -0.120. The normalized spacial score (nSPS) is 23.1. The number of fused-ring (bicyclic) bond motifs is 1. The van der Waals surface area contributed by atoms with Crippen molar-refractivity contribution >= 4 is 23.2 Å². The zero-order valence-corrected chi connectivity index (χ0v) is 10.2. The van der Waals surface area contributed by atoms with E-state index in [4.69, 9.17) is 17.3 Å². The smallest absolute Gasteiger partial charge is 0.234 e. The second-order valence-corrected chi connectivity index (χ2v) is 4.85. The molecule has 16 heavy (non-hydrogen) atoms. The lowest BCUT2D eigenvalue weighted by atomic mass is 9.80. The van der Waals surface area contributed by atoms with Crippen LogP contribution in [-0.2, 0) is 10.2 Å². The van der Waals surface area contributed by atoms with Crippen LogP contribution in [0.3, 0.4) is 0 Å². The van der Waals surface area contributed by atoms with Crippen molar-refractivity contribution in [3.8, 4) is 0 Å². The van der Waals surface area contributed by atoms with Gasteiger partial charge in [0.05, 0.1) is 5.41 Å². The summed E-state index contributed by atoms with van der Waals surface area (Å²) in [5.41, 5.74) is 7.77. The molecule has 0 aliphatic carbocycles. The van der Waals surface area contributed by atoms with Gasteiger partial charge in [-0.25, -0.2) is 0 Å². The summed E-state index contributed by atoms with van der Waals surface area (Å²) in [7, 11) is 0. The first-order valence-corrected chi connectivity index (χ1v) is 5.69. The largest absolute Gasteiger partial charge is 0.330 e.